The molecule has 17 heavy (non-hydrogen) atoms. The van der Waals surface area contributed by atoms with Crippen molar-refractivity contribution >= 4 is 40.8 Å². The first kappa shape index (κ1) is 12.4. The van der Waals surface area contributed by atoms with E-state index in [2.05, 4.69) is 4.98 Å². The number of nitrogens with zero attached hydrogens (tertiary/aromatic N) is 1. The first-order valence-corrected chi connectivity index (χ1v) is 6.23. The predicted molar refractivity (Wildman–Crippen MR) is 69.5 cm³/mol. The number of benzene rings is 1. The molecule has 2 aromatic rings. The summed E-state index contributed by atoms with van der Waals surface area (Å²) >= 11 is 13.4. The standard InChI is InChI=1S/C11H7Cl2NO2S/c1-16-10-3-7(12)6(2-8(10)13)9-5-17-11(4-15)14-9/h2-5H,1H3. The van der Waals surface area contributed by atoms with E-state index >= 15 is 0 Å². The Bertz CT molecular complexity index is 569. The van der Waals surface area contributed by atoms with Crippen LogP contribution in [0.25, 0.3) is 11.3 Å². The number of rotatable bonds is 3. The third kappa shape index (κ3) is 2.44. The average Bonchev–Trinajstić information content (AvgIpc) is 2.80. The number of carbonyl (C=O) groups is 1. The van der Waals surface area contributed by atoms with Crippen molar-refractivity contribution in [3.8, 4) is 17.0 Å². The van der Waals surface area contributed by atoms with Crippen molar-refractivity contribution in [2.45, 2.75) is 0 Å². The van der Waals surface area contributed by atoms with Gasteiger partial charge in [0, 0.05) is 17.0 Å². The number of aromatic nitrogens is 1. The molecule has 88 valence electrons. The summed E-state index contributed by atoms with van der Waals surface area (Å²) in [5.41, 5.74) is 1.31. The topological polar surface area (TPSA) is 39.2 Å². The minimum Gasteiger partial charge on any atom is -0.495 e. The van der Waals surface area contributed by atoms with Gasteiger partial charge in [0.05, 0.1) is 22.8 Å². The van der Waals surface area contributed by atoms with Gasteiger partial charge in [-0.2, -0.15) is 0 Å². The normalized spacial score (nSPS) is 10.3. The lowest BCUT2D eigenvalue weighted by Crippen LogP contribution is -1.87. The molecule has 1 aromatic heterocycles. The fourth-order valence-corrected chi connectivity index (χ4v) is 2.46. The van der Waals surface area contributed by atoms with Gasteiger partial charge < -0.3 is 4.74 Å². The van der Waals surface area contributed by atoms with Gasteiger partial charge in [-0.15, -0.1) is 11.3 Å². The van der Waals surface area contributed by atoms with Crippen LogP contribution in [-0.4, -0.2) is 18.4 Å². The van der Waals surface area contributed by atoms with Crippen molar-refractivity contribution in [1.82, 2.24) is 4.98 Å². The third-order valence-corrected chi connectivity index (χ3v) is 3.52. The van der Waals surface area contributed by atoms with E-state index in [0.717, 1.165) is 0 Å². The molecule has 3 nitrogen and oxygen atoms in total. The van der Waals surface area contributed by atoms with Crippen molar-refractivity contribution < 1.29 is 9.53 Å². The van der Waals surface area contributed by atoms with Gasteiger partial charge in [-0.3, -0.25) is 4.79 Å². The van der Waals surface area contributed by atoms with Crippen molar-refractivity contribution in [2.75, 3.05) is 7.11 Å². The van der Waals surface area contributed by atoms with Crippen LogP contribution in [0.5, 0.6) is 5.75 Å². The fourth-order valence-electron chi connectivity index (χ4n) is 1.35. The average molecular weight is 288 g/mol. The number of thiazole rings is 1. The Labute approximate surface area is 112 Å². The summed E-state index contributed by atoms with van der Waals surface area (Å²) in [6, 6.07) is 3.30. The summed E-state index contributed by atoms with van der Waals surface area (Å²) in [5.74, 6) is 0.506. The number of ether oxygens (including phenoxy) is 1. The molecule has 1 aromatic carbocycles. The lowest BCUT2D eigenvalue weighted by molar-refractivity contribution is 0.112. The predicted octanol–water partition coefficient (Wildman–Crippen LogP) is 3.94. The van der Waals surface area contributed by atoms with Crippen LogP contribution in [0.3, 0.4) is 0 Å². The second kappa shape index (κ2) is 5.04. The van der Waals surface area contributed by atoms with Gasteiger partial charge in [0.25, 0.3) is 0 Å². The maximum absolute atomic E-state index is 10.6. The highest BCUT2D eigenvalue weighted by atomic mass is 35.5. The number of carbonyl (C=O) groups excluding carboxylic acids is 1. The van der Waals surface area contributed by atoms with Crippen molar-refractivity contribution in [1.29, 1.82) is 0 Å². The van der Waals surface area contributed by atoms with E-state index in [4.69, 9.17) is 27.9 Å². The maximum atomic E-state index is 10.6. The van der Waals surface area contributed by atoms with E-state index in [1.165, 1.54) is 18.4 Å². The van der Waals surface area contributed by atoms with Gasteiger partial charge >= 0.3 is 0 Å². The van der Waals surface area contributed by atoms with Crippen LogP contribution in [0, 0.1) is 0 Å². The van der Waals surface area contributed by atoms with E-state index in [-0.39, 0.29) is 0 Å². The smallest absolute Gasteiger partial charge is 0.178 e. The first-order valence-electron chi connectivity index (χ1n) is 4.60. The molecule has 0 aliphatic heterocycles. The summed E-state index contributed by atoms with van der Waals surface area (Å²) < 4.78 is 5.05. The van der Waals surface area contributed by atoms with Crippen molar-refractivity contribution in [3.63, 3.8) is 0 Å². The Morgan fingerprint density at radius 1 is 1.35 bits per heavy atom. The zero-order valence-corrected chi connectivity index (χ0v) is 11.1. The van der Waals surface area contributed by atoms with Gasteiger partial charge in [-0.25, -0.2) is 4.98 Å². The molecule has 0 fully saturated rings. The zero-order chi connectivity index (χ0) is 12.4. The molecule has 0 aliphatic carbocycles. The van der Waals surface area contributed by atoms with Crippen molar-refractivity contribution in [2.24, 2.45) is 0 Å². The molecule has 0 saturated heterocycles. The second-order valence-electron chi connectivity index (χ2n) is 3.16. The van der Waals surface area contributed by atoms with Crippen LogP contribution < -0.4 is 4.74 Å². The Balaban J connectivity index is 2.52. The van der Waals surface area contributed by atoms with Gasteiger partial charge in [-0.05, 0) is 6.07 Å². The number of halogens is 2. The van der Waals surface area contributed by atoms with E-state index in [1.807, 2.05) is 0 Å². The summed E-state index contributed by atoms with van der Waals surface area (Å²) in [7, 11) is 1.52. The number of hydrogen-bond acceptors (Lipinski definition) is 4. The van der Waals surface area contributed by atoms with Gasteiger partial charge in [0.2, 0.25) is 0 Å². The lowest BCUT2D eigenvalue weighted by atomic mass is 10.1. The van der Waals surface area contributed by atoms with E-state index in [1.54, 1.807) is 17.5 Å². The molecule has 0 bridgehead atoms. The molecule has 1 heterocycles. The second-order valence-corrected chi connectivity index (χ2v) is 4.86. The third-order valence-electron chi connectivity index (χ3n) is 2.14. The Morgan fingerprint density at radius 3 is 2.71 bits per heavy atom. The first-order chi connectivity index (χ1) is 8.15. The van der Waals surface area contributed by atoms with Crippen LogP contribution >= 0.6 is 34.5 Å². The number of aldehydes is 1. The fraction of sp³-hybridized carbons (Fsp3) is 0.0909. The highest BCUT2D eigenvalue weighted by Gasteiger charge is 2.12. The maximum Gasteiger partial charge on any atom is 0.178 e. The van der Waals surface area contributed by atoms with Crippen LogP contribution in [0.4, 0.5) is 0 Å². The Morgan fingerprint density at radius 2 is 2.12 bits per heavy atom. The largest absolute Gasteiger partial charge is 0.495 e. The quantitative estimate of drug-likeness (QED) is 0.803. The van der Waals surface area contributed by atoms with E-state index < -0.39 is 0 Å². The lowest BCUT2D eigenvalue weighted by Gasteiger charge is -2.06. The molecule has 0 N–H and O–H groups in total. The molecule has 0 unspecified atom stereocenters. The van der Waals surface area contributed by atoms with Gasteiger partial charge in [0.1, 0.15) is 5.75 Å². The molecule has 2 rings (SSSR count). The molecule has 0 atom stereocenters. The van der Waals surface area contributed by atoms with Gasteiger partial charge in [-0.1, -0.05) is 23.2 Å². The molecule has 6 heteroatoms. The van der Waals surface area contributed by atoms with Crippen LogP contribution in [0.1, 0.15) is 9.80 Å². The van der Waals surface area contributed by atoms with Gasteiger partial charge in [0.15, 0.2) is 11.3 Å². The molecular weight excluding hydrogens is 281 g/mol. The molecule has 0 saturated carbocycles. The minimum absolute atomic E-state index is 0.406. The highest BCUT2D eigenvalue weighted by molar-refractivity contribution is 7.11. The van der Waals surface area contributed by atoms with E-state index in [0.29, 0.717) is 38.3 Å². The van der Waals surface area contributed by atoms with Crippen molar-refractivity contribution in [3.05, 3.63) is 32.6 Å². The van der Waals surface area contributed by atoms with E-state index in [9.17, 15) is 4.79 Å². The molecule has 0 aliphatic rings. The molecule has 0 spiro atoms. The zero-order valence-electron chi connectivity index (χ0n) is 8.74. The monoisotopic (exact) mass is 287 g/mol. The summed E-state index contributed by atoms with van der Waals surface area (Å²) in [5, 5.41) is 3.10. The molecule has 0 amide bonds. The Kier molecular flexibility index (Phi) is 3.66. The van der Waals surface area contributed by atoms with Crippen LogP contribution in [0.15, 0.2) is 17.5 Å². The van der Waals surface area contributed by atoms with Crippen LogP contribution in [-0.2, 0) is 0 Å². The molecule has 0 radical (unpaired) electrons. The highest BCUT2D eigenvalue weighted by Crippen LogP contribution is 2.36. The summed E-state index contributed by atoms with van der Waals surface area (Å²) in [6.45, 7) is 0. The Hall–Kier alpha value is -1.10. The number of hydrogen-bond donors (Lipinski definition) is 0. The minimum atomic E-state index is 0.406. The SMILES string of the molecule is COc1cc(Cl)c(-c2csc(C=O)n2)cc1Cl. The van der Waals surface area contributed by atoms with Crippen LogP contribution in [0.2, 0.25) is 10.0 Å². The summed E-state index contributed by atoms with van der Waals surface area (Å²) in [6.07, 6.45) is 0.702. The number of methoxy groups -OCH3 is 1. The molecular formula is C11H7Cl2NO2S. The summed E-state index contributed by atoms with van der Waals surface area (Å²) in [4.78, 5) is 14.7.